The smallest absolute Gasteiger partial charge is 0.182 e. The molecule has 0 saturated carbocycles. The third-order valence-electron chi connectivity index (χ3n) is 2.12. The first kappa shape index (κ1) is 12.3. The fourth-order valence-electron chi connectivity index (χ4n) is 1.31. The van der Waals surface area contributed by atoms with Crippen molar-refractivity contribution >= 4 is 28.6 Å². The van der Waals surface area contributed by atoms with Crippen LogP contribution in [0, 0.1) is 17.5 Å². The molecule has 6 heteroatoms. The Morgan fingerprint density at radius 1 is 1.24 bits per heavy atom. The minimum atomic E-state index is -1.22. The molecule has 17 heavy (non-hydrogen) atoms. The summed E-state index contributed by atoms with van der Waals surface area (Å²) in [4.78, 5) is 0.774. The van der Waals surface area contributed by atoms with E-state index in [2.05, 4.69) is 5.32 Å². The van der Waals surface area contributed by atoms with Crippen LogP contribution in [0.1, 0.15) is 4.88 Å². The van der Waals surface area contributed by atoms with Crippen molar-refractivity contribution in [2.75, 3.05) is 5.32 Å². The van der Waals surface area contributed by atoms with Gasteiger partial charge in [-0.25, -0.2) is 13.2 Å². The van der Waals surface area contributed by atoms with E-state index in [1.54, 1.807) is 11.4 Å². The Balaban J connectivity index is 2.17. The number of anilines is 1. The Morgan fingerprint density at radius 2 is 2.00 bits per heavy atom. The predicted molar refractivity (Wildman–Crippen MR) is 63.0 cm³/mol. The second-order valence-corrected chi connectivity index (χ2v) is 4.70. The zero-order valence-corrected chi connectivity index (χ0v) is 10.0. The van der Waals surface area contributed by atoms with Gasteiger partial charge in [-0.1, -0.05) is 11.6 Å². The maximum atomic E-state index is 13.3. The first-order chi connectivity index (χ1) is 8.08. The number of hydrogen-bond donors (Lipinski definition) is 1. The molecule has 0 unspecified atom stereocenters. The van der Waals surface area contributed by atoms with E-state index in [0.717, 1.165) is 10.9 Å². The Kier molecular flexibility index (Phi) is 3.59. The fraction of sp³-hybridized carbons (Fsp3) is 0.0909. The Labute approximate surface area is 105 Å². The SMILES string of the molecule is Fc1cc(F)c(F)c(NCc2sccc2Cl)c1. The minimum absolute atomic E-state index is 0.216. The van der Waals surface area contributed by atoms with Crippen LogP contribution in [-0.2, 0) is 6.54 Å². The van der Waals surface area contributed by atoms with Crippen LogP contribution in [0.3, 0.4) is 0 Å². The van der Waals surface area contributed by atoms with Crippen molar-refractivity contribution in [2.45, 2.75) is 6.54 Å². The summed E-state index contributed by atoms with van der Waals surface area (Å²) in [6.07, 6.45) is 0. The molecule has 0 aliphatic carbocycles. The monoisotopic (exact) mass is 277 g/mol. The van der Waals surface area contributed by atoms with E-state index in [9.17, 15) is 13.2 Å². The first-order valence-corrected chi connectivity index (χ1v) is 5.94. The van der Waals surface area contributed by atoms with Crippen molar-refractivity contribution in [3.05, 3.63) is 50.9 Å². The summed E-state index contributed by atoms with van der Waals surface area (Å²) < 4.78 is 39.1. The summed E-state index contributed by atoms with van der Waals surface area (Å²) >= 11 is 7.22. The highest BCUT2D eigenvalue weighted by molar-refractivity contribution is 7.10. The molecule has 0 atom stereocenters. The van der Waals surface area contributed by atoms with E-state index in [1.807, 2.05) is 0 Å². The summed E-state index contributed by atoms with van der Waals surface area (Å²) in [7, 11) is 0. The fourth-order valence-corrected chi connectivity index (χ4v) is 2.35. The summed E-state index contributed by atoms with van der Waals surface area (Å²) in [5, 5.41) is 4.93. The molecule has 0 bridgehead atoms. The van der Waals surface area contributed by atoms with Gasteiger partial charge in [-0.15, -0.1) is 11.3 Å². The van der Waals surface area contributed by atoms with Gasteiger partial charge in [0.15, 0.2) is 11.6 Å². The van der Waals surface area contributed by atoms with Crippen molar-refractivity contribution in [1.29, 1.82) is 0 Å². The molecule has 1 aromatic heterocycles. The van der Waals surface area contributed by atoms with Crippen molar-refractivity contribution in [3.8, 4) is 0 Å². The van der Waals surface area contributed by atoms with E-state index < -0.39 is 17.5 Å². The van der Waals surface area contributed by atoms with Crippen LogP contribution in [0.4, 0.5) is 18.9 Å². The standard InChI is InChI=1S/C11H7ClF3NS/c12-7-1-2-17-10(7)5-16-9-4-6(13)3-8(14)11(9)15/h1-4,16H,5H2. The molecular formula is C11H7ClF3NS. The van der Waals surface area contributed by atoms with E-state index in [0.29, 0.717) is 11.1 Å². The molecule has 0 aliphatic rings. The molecule has 1 heterocycles. The van der Waals surface area contributed by atoms with Gasteiger partial charge < -0.3 is 5.32 Å². The van der Waals surface area contributed by atoms with Gasteiger partial charge in [-0.2, -0.15) is 0 Å². The summed E-state index contributed by atoms with van der Waals surface area (Å²) in [6, 6.07) is 3.10. The van der Waals surface area contributed by atoms with E-state index in [4.69, 9.17) is 11.6 Å². The molecule has 0 aliphatic heterocycles. The highest BCUT2D eigenvalue weighted by Crippen LogP contribution is 2.25. The number of thiophene rings is 1. The first-order valence-electron chi connectivity index (χ1n) is 4.68. The van der Waals surface area contributed by atoms with E-state index in [-0.39, 0.29) is 12.2 Å². The molecular weight excluding hydrogens is 271 g/mol. The van der Waals surface area contributed by atoms with Crippen LogP contribution >= 0.6 is 22.9 Å². The van der Waals surface area contributed by atoms with Crippen LogP contribution in [0.5, 0.6) is 0 Å². The maximum Gasteiger partial charge on any atom is 0.182 e. The van der Waals surface area contributed by atoms with E-state index in [1.165, 1.54) is 11.3 Å². The number of benzene rings is 1. The Bertz CT molecular complexity index is 542. The summed E-state index contributed by atoms with van der Waals surface area (Å²) in [6.45, 7) is 0.219. The van der Waals surface area contributed by atoms with Gasteiger partial charge in [0.2, 0.25) is 0 Å². The molecule has 0 saturated heterocycles. The molecule has 0 radical (unpaired) electrons. The molecule has 1 nitrogen and oxygen atoms in total. The van der Waals surface area contributed by atoms with Crippen LogP contribution < -0.4 is 5.32 Å². The van der Waals surface area contributed by atoms with Crippen LogP contribution in [0.2, 0.25) is 5.02 Å². The van der Waals surface area contributed by atoms with Gasteiger partial charge in [0.1, 0.15) is 5.82 Å². The van der Waals surface area contributed by atoms with Crippen molar-refractivity contribution < 1.29 is 13.2 Å². The highest BCUT2D eigenvalue weighted by Gasteiger charge is 2.11. The minimum Gasteiger partial charge on any atom is -0.378 e. The third kappa shape index (κ3) is 2.73. The number of halogens is 4. The molecule has 0 amide bonds. The van der Waals surface area contributed by atoms with Gasteiger partial charge in [-0.3, -0.25) is 0 Å². The van der Waals surface area contributed by atoms with Crippen LogP contribution in [-0.4, -0.2) is 0 Å². The lowest BCUT2D eigenvalue weighted by atomic mass is 10.2. The van der Waals surface area contributed by atoms with Crippen LogP contribution in [0.25, 0.3) is 0 Å². The lowest BCUT2D eigenvalue weighted by molar-refractivity contribution is 0.497. The highest BCUT2D eigenvalue weighted by atomic mass is 35.5. The van der Waals surface area contributed by atoms with Crippen molar-refractivity contribution in [3.63, 3.8) is 0 Å². The van der Waals surface area contributed by atoms with Gasteiger partial charge in [0, 0.05) is 17.0 Å². The van der Waals surface area contributed by atoms with E-state index >= 15 is 0 Å². The second-order valence-electron chi connectivity index (χ2n) is 3.29. The third-order valence-corrected chi connectivity index (χ3v) is 3.51. The number of nitrogens with one attached hydrogen (secondary N) is 1. The second kappa shape index (κ2) is 4.98. The largest absolute Gasteiger partial charge is 0.378 e. The Hall–Kier alpha value is -1.20. The molecule has 1 aromatic carbocycles. The molecule has 0 fully saturated rings. The topological polar surface area (TPSA) is 12.0 Å². The molecule has 2 aromatic rings. The zero-order chi connectivity index (χ0) is 12.4. The number of hydrogen-bond acceptors (Lipinski definition) is 2. The zero-order valence-electron chi connectivity index (χ0n) is 8.44. The number of rotatable bonds is 3. The molecule has 2 rings (SSSR count). The lowest BCUT2D eigenvalue weighted by Gasteiger charge is -2.07. The normalized spacial score (nSPS) is 10.6. The quantitative estimate of drug-likeness (QED) is 0.819. The summed E-state index contributed by atoms with van der Waals surface area (Å²) in [5.41, 5.74) is -0.216. The van der Waals surface area contributed by atoms with Gasteiger partial charge in [-0.05, 0) is 11.4 Å². The van der Waals surface area contributed by atoms with Crippen LogP contribution in [0.15, 0.2) is 23.6 Å². The van der Waals surface area contributed by atoms with Crippen molar-refractivity contribution in [1.82, 2.24) is 0 Å². The molecule has 90 valence electrons. The average Bonchev–Trinajstić information content (AvgIpc) is 2.67. The molecule has 0 spiro atoms. The summed E-state index contributed by atoms with van der Waals surface area (Å²) in [5.74, 6) is -3.15. The molecule has 1 N–H and O–H groups in total. The maximum absolute atomic E-state index is 13.3. The van der Waals surface area contributed by atoms with Gasteiger partial charge in [0.05, 0.1) is 17.3 Å². The van der Waals surface area contributed by atoms with Gasteiger partial charge >= 0.3 is 0 Å². The van der Waals surface area contributed by atoms with Crippen molar-refractivity contribution in [2.24, 2.45) is 0 Å². The lowest BCUT2D eigenvalue weighted by Crippen LogP contribution is -2.02. The van der Waals surface area contributed by atoms with Gasteiger partial charge in [0.25, 0.3) is 0 Å². The Morgan fingerprint density at radius 3 is 2.65 bits per heavy atom. The average molecular weight is 278 g/mol. The predicted octanol–water partition coefficient (Wildman–Crippen LogP) is 4.43.